The number of hydrogen-bond acceptors (Lipinski definition) is 2. The summed E-state index contributed by atoms with van der Waals surface area (Å²) < 4.78 is 0. The Balaban J connectivity index is 2.13. The molecule has 0 amide bonds. The average molecular weight is 230 g/mol. The molecule has 1 aromatic heterocycles. The molecule has 15 heavy (non-hydrogen) atoms. The van der Waals surface area contributed by atoms with Gasteiger partial charge in [0.1, 0.15) is 0 Å². The number of hydrogen-bond donors (Lipinski definition) is 3. The van der Waals surface area contributed by atoms with Crippen molar-refractivity contribution in [1.82, 2.24) is 15.6 Å². The normalized spacial score (nSPS) is 13.0. The van der Waals surface area contributed by atoms with Gasteiger partial charge in [-0.2, -0.15) is 0 Å². The third-order valence-corrected chi connectivity index (χ3v) is 2.44. The summed E-state index contributed by atoms with van der Waals surface area (Å²) in [4.78, 5) is 3.11. The summed E-state index contributed by atoms with van der Waals surface area (Å²) in [6.45, 7) is 7.27. The molecule has 0 aliphatic rings. The first-order valence-corrected chi connectivity index (χ1v) is 5.87. The molecule has 0 saturated heterocycles. The molecule has 1 heterocycles. The van der Waals surface area contributed by atoms with E-state index >= 15 is 0 Å². The molecule has 1 atom stereocenters. The lowest BCUT2D eigenvalue weighted by molar-refractivity contribution is 0.498. The SMILES string of the molecule is CCCNCC(C)NCc1cc(Cl)c[nH]1. The third kappa shape index (κ3) is 5.21. The van der Waals surface area contributed by atoms with Crippen molar-refractivity contribution >= 4 is 11.6 Å². The van der Waals surface area contributed by atoms with Crippen LogP contribution in [0.3, 0.4) is 0 Å². The number of nitrogens with one attached hydrogen (secondary N) is 3. The predicted octanol–water partition coefficient (Wildman–Crippen LogP) is 2.15. The second kappa shape index (κ2) is 6.88. The Morgan fingerprint density at radius 1 is 1.53 bits per heavy atom. The highest BCUT2D eigenvalue weighted by atomic mass is 35.5. The fourth-order valence-corrected chi connectivity index (χ4v) is 1.55. The zero-order valence-electron chi connectivity index (χ0n) is 9.44. The summed E-state index contributed by atoms with van der Waals surface area (Å²) in [5, 5.41) is 7.56. The molecule has 0 fully saturated rings. The van der Waals surface area contributed by atoms with Crippen molar-refractivity contribution in [3.63, 3.8) is 0 Å². The monoisotopic (exact) mass is 229 g/mol. The molecule has 0 aromatic carbocycles. The minimum Gasteiger partial charge on any atom is -0.363 e. The number of H-pyrrole nitrogens is 1. The van der Waals surface area contributed by atoms with E-state index in [1.54, 1.807) is 6.20 Å². The molecule has 3 N–H and O–H groups in total. The van der Waals surface area contributed by atoms with E-state index in [9.17, 15) is 0 Å². The van der Waals surface area contributed by atoms with Gasteiger partial charge in [-0.05, 0) is 26.0 Å². The largest absolute Gasteiger partial charge is 0.363 e. The summed E-state index contributed by atoms with van der Waals surface area (Å²) in [6.07, 6.45) is 2.98. The van der Waals surface area contributed by atoms with Crippen LogP contribution in [0.2, 0.25) is 5.02 Å². The molecule has 0 radical (unpaired) electrons. The van der Waals surface area contributed by atoms with Crippen LogP contribution in [0.5, 0.6) is 0 Å². The minimum absolute atomic E-state index is 0.471. The topological polar surface area (TPSA) is 39.8 Å². The number of aromatic amines is 1. The van der Waals surface area contributed by atoms with Crippen molar-refractivity contribution in [2.75, 3.05) is 13.1 Å². The van der Waals surface area contributed by atoms with E-state index in [1.165, 1.54) is 6.42 Å². The standard InChI is InChI=1S/C11H20ClN3/c1-3-4-13-6-9(2)14-8-11-5-10(12)7-15-11/h5,7,9,13-15H,3-4,6,8H2,1-2H3. The Hall–Kier alpha value is -0.510. The Bertz CT molecular complexity index is 273. The van der Waals surface area contributed by atoms with Crippen LogP contribution in [0.15, 0.2) is 12.3 Å². The Labute approximate surface area is 96.6 Å². The fourth-order valence-electron chi connectivity index (χ4n) is 1.37. The van der Waals surface area contributed by atoms with Gasteiger partial charge < -0.3 is 15.6 Å². The van der Waals surface area contributed by atoms with Crippen LogP contribution < -0.4 is 10.6 Å². The van der Waals surface area contributed by atoms with E-state index in [4.69, 9.17) is 11.6 Å². The highest BCUT2D eigenvalue weighted by Gasteiger charge is 2.01. The lowest BCUT2D eigenvalue weighted by Gasteiger charge is -2.13. The molecule has 1 unspecified atom stereocenters. The molecule has 0 spiro atoms. The molecular formula is C11H20ClN3. The molecule has 0 saturated carbocycles. The van der Waals surface area contributed by atoms with Gasteiger partial charge in [0.25, 0.3) is 0 Å². The van der Waals surface area contributed by atoms with E-state index in [2.05, 4.69) is 29.5 Å². The molecule has 3 nitrogen and oxygen atoms in total. The highest BCUT2D eigenvalue weighted by Crippen LogP contribution is 2.08. The maximum Gasteiger partial charge on any atom is 0.0583 e. The molecule has 1 aromatic rings. The summed E-state index contributed by atoms with van der Waals surface area (Å²) in [5.41, 5.74) is 1.13. The first-order chi connectivity index (χ1) is 7.22. The van der Waals surface area contributed by atoms with Crippen molar-refractivity contribution in [3.05, 3.63) is 23.0 Å². The van der Waals surface area contributed by atoms with Gasteiger partial charge in [-0.1, -0.05) is 18.5 Å². The Morgan fingerprint density at radius 2 is 2.33 bits per heavy atom. The lowest BCUT2D eigenvalue weighted by Crippen LogP contribution is -2.36. The van der Waals surface area contributed by atoms with Gasteiger partial charge in [-0.3, -0.25) is 0 Å². The van der Waals surface area contributed by atoms with E-state index in [1.807, 2.05) is 6.07 Å². The van der Waals surface area contributed by atoms with Crippen molar-refractivity contribution in [3.8, 4) is 0 Å². The van der Waals surface area contributed by atoms with Crippen LogP contribution in [-0.2, 0) is 6.54 Å². The lowest BCUT2D eigenvalue weighted by atomic mass is 10.3. The van der Waals surface area contributed by atoms with Crippen molar-refractivity contribution < 1.29 is 0 Å². The van der Waals surface area contributed by atoms with Gasteiger partial charge in [0.15, 0.2) is 0 Å². The van der Waals surface area contributed by atoms with E-state index in [0.29, 0.717) is 6.04 Å². The van der Waals surface area contributed by atoms with Gasteiger partial charge in [-0.15, -0.1) is 0 Å². The molecule has 0 aliphatic heterocycles. The van der Waals surface area contributed by atoms with Crippen LogP contribution in [0.1, 0.15) is 26.0 Å². The highest BCUT2D eigenvalue weighted by molar-refractivity contribution is 6.30. The minimum atomic E-state index is 0.471. The first-order valence-electron chi connectivity index (χ1n) is 5.49. The van der Waals surface area contributed by atoms with E-state index < -0.39 is 0 Å². The van der Waals surface area contributed by atoms with Crippen LogP contribution in [-0.4, -0.2) is 24.1 Å². The van der Waals surface area contributed by atoms with Crippen molar-refractivity contribution in [2.45, 2.75) is 32.9 Å². The molecule has 86 valence electrons. The molecular weight excluding hydrogens is 210 g/mol. The van der Waals surface area contributed by atoms with E-state index in [-0.39, 0.29) is 0 Å². The van der Waals surface area contributed by atoms with Crippen LogP contribution in [0.4, 0.5) is 0 Å². The quantitative estimate of drug-likeness (QED) is 0.627. The maximum absolute atomic E-state index is 5.81. The maximum atomic E-state index is 5.81. The van der Waals surface area contributed by atoms with Gasteiger partial charge in [0.05, 0.1) is 5.02 Å². The molecule has 0 aliphatic carbocycles. The number of rotatable bonds is 7. The summed E-state index contributed by atoms with van der Waals surface area (Å²) >= 11 is 5.81. The van der Waals surface area contributed by atoms with Gasteiger partial charge >= 0.3 is 0 Å². The number of aromatic nitrogens is 1. The summed E-state index contributed by atoms with van der Waals surface area (Å²) in [6, 6.07) is 2.42. The predicted molar refractivity (Wildman–Crippen MR) is 65.3 cm³/mol. The van der Waals surface area contributed by atoms with Crippen LogP contribution >= 0.6 is 11.6 Å². The molecule has 1 rings (SSSR count). The van der Waals surface area contributed by atoms with E-state index in [0.717, 1.165) is 30.4 Å². The first kappa shape index (κ1) is 12.6. The summed E-state index contributed by atoms with van der Waals surface area (Å²) in [5.74, 6) is 0. The van der Waals surface area contributed by atoms with Gasteiger partial charge in [0.2, 0.25) is 0 Å². The van der Waals surface area contributed by atoms with Crippen molar-refractivity contribution in [1.29, 1.82) is 0 Å². The molecule has 4 heteroatoms. The molecule has 0 bridgehead atoms. The van der Waals surface area contributed by atoms with Gasteiger partial charge in [0, 0.05) is 31.0 Å². The second-order valence-corrected chi connectivity index (χ2v) is 4.27. The Morgan fingerprint density at radius 3 is 2.93 bits per heavy atom. The fraction of sp³-hybridized carbons (Fsp3) is 0.636. The second-order valence-electron chi connectivity index (χ2n) is 3.83. The Kier molecular flexibility index (Phi) is 5.76. The van der Waals surface area contributed by atoms with Gasteiger partial charge in [-0.25, -0.2) is 0 Å². The van der Waals surface area contributed by atoms with Crippen molar-refractivity contribution in [2.24, 2.45) is 0 Å². The zero-order chi connectivity index (χ0) is 11.1. The number of halogens is 1. The van der Waals surface area contributed by atoms with Crippen LogP contribution in [0, 0.1) is 0 Å². The van der Waals surface area contributed by atoms with Crippen LogP contribution in [0.25, 0.3) is 0 Å². The summed E-state index contributed by atoms with van der Waals surface area (Å²) in [7, 11) is 0. The third-order valence-electron chi connectivity index (χ3n) is 2.23. The smallest absolute Gasteiger partial charge is 0.0583 e. The zero-order valence-corrected chi connectivity index (χ0v) is 10.2. The average Bonchev–Trinajstić information content (AvgIpc) is 2.62.